The second-order valence-corrected chi connectivity index (χ2v) is 23.7. The van der Waals surface area contributed by atoms with E-state index in [1.165, 1.54) is 70.9 Å². The fourth-order valence-corrected chi connectivity index (χ4v) is 13.8. The predicted octanol–water partition coefficient (Wildman–Crippen LogP) is 22.3. The van der Waals surface area contributed by atoms with Gasteiger partial charge in [-0.3, -0.25) is 0 Å². The summed E-state index contributed by atoms with van der Waals surface area (Å²) in [5.41, 5.74) is -24.9. The summed E-state index contributed by atoms with van der Waals surface area (Å²) in [6.07, 6.45) is 5.83. The molecular weight excluding hydrogens is 1410 g/mol. The highest BCUT2D eigenvalue weighted by molar-refractivity contribution is 6.88. The number of halogens is 32. The third-order valence-corrected chi connectivity index (χ3v) is 18.3. The number of allylic oxidation sites excluding steroid dienone is 4. The van der Waals surface area contributed by atoms with Crippen LogP contribution in [0.5, 0.6) is 0 Å². The minimum absolute atomic E-state index is 0.297. The van der Waals surface area contributed by atoms with Crippen LogP contribution in [0.1, 0.15) is 153 Å². The van der Waals surface area contributed by atoms with E-state index >= 15 is 87.8 Å². The summed E-state index contributed by atoms with van der Waals surface area (Å²) in [7, 11) is 0. The molecule has 34 heteroatoms. The lowest BCUT2D eigenvalue weighted by Crippen LogP contribution is -2.85. The Morgan fingerprint density at radius 2 is 0.616 bits per heavy atom. The molecule has 0 amide bonds. The molecule has 6 unspecified atom stereocenters. The van der Waals surface area contributed by atoms with E-state index in [2.05, 4.69) is 33.0 Å². The number of unbranched alkanes of at least 4 members (excludes halogenated alkanes) is 3. The van der Waals surface area contributed by atoms with Crippen molar-refractivity contribution in [1.82, 2.24) is 0 Å². The molecule has 0 saturated heterocycles. The normalized spacial score (nSPS) is 18.2. The van der Waals surface area contributed by atoms with E-state index in [-0.39, 0.29) is 0 Å². The molecule has 10 rings (SSSR count). The van der Waals surface area contributed by atoms with Crippen LogP contribution in [0.15, 0.2) is 35.4 Å². The summed E-state index contributed by atoms with van der Waals surface area (Å²) in [5.74, 6) is -112. The zero-order chi connectivity index (χ0) is 74.1. The smallest absolute Gasteiger partial charge is 0.200 e. The maximum absolute atomic E-state index is 17.0. The molecule has 6 aromatic carbocycles. The SMILES string of the molecule is CCCCCC[NH2+]CC(C)CCC(CC)CCC.FC1=C(F)C([B-](C2C(F)=C(F)c3c(F)c(F)c(F)c(F)c32)(C2C(F)=C(F)c3c(F)c(F)c(F)c(F)c32)C2C(F)=C(F)c3c(F)c(F)c(F)c(F)c32)c2c(F)c(F)c(F)c(F)c21.Fc1ccc(-c2c(F)c(F)c(F)c(F)c2F)c(F)c1F. The van der Waals surface area contributed by atoms with Crippen molar-refractivity contribution in [2.45, 2.75) is 109 Å². The van der Waals surface area contributed by atoms with E-state index in [0.717, 1.165) is 11.8 Å². The van der Waals surface area contributed by atoms with E-state index in [9.17, 15) is 52.7 Å². The Balaban J connectivity index is 0.000000267. The molecule has 536 valence electrons. The molecule has 4 aliphatic carbocycles. The summed E-state index contributed by atoms with van der Waals surface area (Å²) >= 11 is 0. The van der Waals surface area contributed by atoms with Gasteiger partial charge < -0.3 is 5.32 Å². The van der Waals surface area contributed by atoms with Gasteiger partial charge in [-0.15, -0.1) is 0 Å². The average Bonchev–Trinajstić information content (AvgIpc) is 1.51. The molecule has 2 N–H and O–H groups in total. The second kappa shape index (κ2) is 29.3. The van der Waals surface area contributed by atoms with Crippen LogP contribution in [-0.2, 0) is 0 Å². The van der Waals surface area contributed by atoms with Crippen LogP contribution in [0.2, 0.25) is 0 Å². The maximum atomic E-state index is 17.0. The minimum atomic E-state index is -6.83. The molecule has 0 spiro atoms. The van der Waals surface area contributed by atoms with Gasteiger partial charge in [0.05, 0.1) is 47.1 Å². The maximum Gasteiger partial charge on any atom is 0.200 e. The third kappa shape index (κ3) is 12.2. The van der Waals surface area contributed by atoms with Crippen LogP contribution in [0.3, 0.4) is 0 Å². The van der Waals surface area contributed by atoms with Crippen LogP contribution >= 0.6 is 0 Å². The topological polar surface area (TPSA) is 16.6 Å². The molecule has 1 nitrogen and oxygen atoms in total. The van der Waals surface area contributed by atoms with E-state index < -0.39 is 271 Å². The zero-order valence-electron chi connectivity index (χ0n) is 50.6. The first kappa shape index (κ1) is 76.8. The molecule has 0 aromatic heterocycles. The van der Waals surface area contributed by atoms with Crippen molar-refractivity contribution >= 4 is 29.5 Å². The standard InChI is InChI=1S/C36H4BF24.C17H37N.C12H2F8/c38-13-1-5(21(46)33(58)29(13)54)17(42)25(50)9(1)37(10-2-6(18(43)26(10)51)22(47)34(59)30(55)14(2)39,11-3-7(19(44)27(11)52)23(48)35(60)31(56)15(3)40)12-4-8(20(45)28(12)53)24(49)36(61)32(57)16(4)41;1-5-8-9-10-14-18-15-16(4)12-13-17(7-3)11-6-2;13-4-2-1-3(6(14)7(4)15)5-8(16)10(18)12(20)11(19)9(5)17/h9-12H;16-18H,5-15H2,1-4H3;1-2H/q-1;;/p+1. The van der Waals surface area contributed by atoms with Crippen LogP contribution in [0, 0.1) is 151 Å². The summed E-state index contributed by atoms with van der Waals surface area (Å²) in [4.78, 5) is 0. The number of benzene rings is 6. The Bertz CT molecular complexity index is 4000. The Kier molecular flexibility index (Phi) is 22.8. The van der Waals surface area contributed by atoms with Gasteiger partial charge in [0.15, 0.2) is 157 Å². The molecule has 0 heterocycles. The van der Waals surface area contributed by atoms with Crippen molar-refractivity contribution in [2.75, 3.05) is 13.1 Å². The van der Waals surface area contributed by atoms with Gasteiger partial charge in [-0.25, -0.2) is 140 Å². The molecule has 0 radical (unpaired) electrons. The molecule has 0 bridgehead atoms. The lowest BCUT2D eigenvalue weighted by atomic mass is 9.02. The Labute approximate surface area is 538 Å². The lowest BCUT2D eigenvalue weighted by Gasteiger charge is -2.57. The highest BCUT2D eigenvalue weighted by atomic mass is 19.2. The molecule has 99 heavy (non-hydrogen) atoms. The highest BCUT2D eigenvalue weighted by Crippen LogP contribution is 2.72. The summed E-state index contributed by atoms with van der Waals surface area (Å²) in [6.45, 7) is 12.1. The van der Waals surface area contributed by atoms with Crippen LogP contribution in [0.25, 0.3) is 34.4 Å². The Morgan fingerprint density at radius 3 is 0.919 bits per heavy atom. The van der Waals surface area contributed by atoms with Gasteiger partial charge in [-0.05, 0) is 66.0 Å². The van der Waals surface area contributed by atoms with Gasteiger partial charge in [0.1, 0.15) is 23.3 Å². The van der Waals surface area contributed by atoms with E-state index in [1.807, 2.05) is 0 Å². The van der Waals surface area contributed by atoms with Gasteiger partial charge in [-0.2, -0.15) is 0 Å². The molecule has 0 saturated carbocycles. The van der Waals surface area contributed by atoms with Gasteiger partial charge in [0.2, 0.25) is 5.82 Å². The highest BCUT2D eigenvalue weighted by Gasteiger charge is 2.67. The lowest BCUT2D eigenvalue weighted by molar-refractivity contribution is -0.660. The second-order valence-electron chi connectivity index (χ2n) is 23.7. The van der Waals surface area contributed by atoms with Crippen molar-refractivity contribution in [3.8, 4) is 11.1 Å². The minimum Gasteiger partial charge on any atom is -0.346 e. The first-order valence-electron chi connectivity index (χ1n) is 29.7. The number of nitrogens with two attached hydrogens (primary N) is 1. The average molecular weight is 1460 g/mol. The predicted molar refractivity (Wildman–Crippen MR) is 293 cm³/mol. The molecule has 0 fully saturated rings. The molecule has 4 aliphatic rings. The van der Waals surface area contributed by atoms with Crippen molar-refractivity contribution < 1.29 is 146 Å². The van der Waals surface area contributed by atoms with Crippen LogP contribution in [-0.4, -0.2) is 19.2 Å². The van der Waals surface area contributed by atoms with Crippen molar-refractivity contribution in [1.29, 1.82) is 0 Å². The zero-order valence-corrected chi connectivity index (χ0v) is 50.6. The van der Waals surface area contributed by atoms with Gasteiger partial charge in [0, 0.05) is 11.5 Å². The summed E-state index contributed by atoms with van der Waals surface area (Å²) in [5, 5.41) is 2.54. The third-order valence-electron chi connectivity index (χ3n) is 18.3. The first-order valence-corrected chi connectivity index (χ1v) is 29.7. The summed E-state index contributed by atoms with van der Waals surface area (Å²) < 4.78 is 481. The van der Waals surface area contributed by atoms with Gasteiger partial charge in [0.25, 0.3) is 0 Å². The molecule has 6 atom stereocenters. The van der Waals surface area contributed by atoms with E-state index in [0.29, 0.717) is 12.1 Å². The number of rotatable bonds is 18. The number of quaternary nitrogens is 1. The van der Waals surface area contributed by atoms with Crippen molar-refractivity contribution in [3.63, 3.8) is 0 Å². The number of hydrogen-bond acceptors (Lipinski definition) is 0. The van der Waals surface area contributed by atoms with Crippen molar-refractivity contribution in [3.05, 3.63) is 220 Å². The van der Waals surface area contributed by atoms with Gasteiger partial charge >= 0.3 is 0 Å². The Hall–Kier alpha value is -7.94. The molecule has 0 aliphatic heterocycles. The van der Waals surface area contributed by atoms with Crippen molar-refractivity contribution in [2.24, 2.45) is 11.8 Å². The van der Waals surface area contributed by atoms with E-state index in [4.69, 9.17) is 0 Å². The van der Waals surface area contributed by atoms with E-state index in [1.54, 1.807) is 0 Å². The quantitative estimate of drug-likeness (QED) is 0.0290. The van der Waals surface area contributed by atoms with Gasteiger partial charge in [-0.1, -0.05) is 83.1 Å². The molecule has 6 aromatic rings. The summed E-state index contributed by atoms with van der Waals surface area (Å²) in [6, 6.07) is 0.665. The number of hydrogen-bond donors (Lipinski definition) is 1. The van der Waals surface area contributed by atoms with Crippen LogP contribution in [0.4, 0.5) is 140 Å². The monoisotopic (exact) mass is 1460 g/mol. The first-order chi connectivity index (χ1) is 46.4. The Morgan fingerprint density at radius 1 is 0.313 bits per heavy atom. The molecular formula is C65H44BF32N. The fraction of sp³-hybridized carbons (Fsp3) is 0.323. The number of fused-ring (bicyclic) bond motifs is 4. The largest absolute Gasteiger partial charge is 0.346 e. The van der Waals surface area contributed by atoms with Crippen LogP contribution < -0.4 is 5.32 Å². The fourth-order valence-electron chi connectivity index (χ4n) is 13.8.